The Hall–Kier alpha value is -2.94. The van der Waals surface area contributed by atoms with Crippen LogP contribution in [0.1, 0.15) is 11.1 Å². The molecular weight excluding hydrogens is 276 g/mol. The van der Waals surface area contributed by atoms with Gasteiger partial charge in [-0.15, -0.1) is 0 Å². The Morgan fingerprint density at radius 2 is 1.27 bits per heavy atom. The highest BCUT2D eigenvalue weighted by Crippen LogP contribution is 2.31. The predicted octanol–water partition coefficient (Wildman–Crippen LogP) is 3.28. The molecule has 1 aliphatic rings. The van der Waals surface area contributed by atoms with Crippen molar-refractivity contribution in [2.45, 2.75) is 0 Å². The van der Waals surface area contributed by atoms with E-state index in [9.17, 15) is 9.59 Å². The van der Waals surface area contributed by atoms with E-state index in [2.05, 4.69) is 0 Å². The van der Waals surface area contributed by atoms with Gasteiger partial charge < -0.3 is 4.74 Å². The van der Waals surface area contributed by atoms with Crippen molar-refractivity contribution >= 4 is 22.7 Å². The summed E-state index contributed by atoms with van der Waals surface area (Å²) in [4.78, 5) is 25.0. The molecule has 0 saturated heterocycles. The van der Waals surface area contributed by atoms with Gasteiger partial charge in [-0.3, -0.25) is 9.59 Å². The van der Waals surface area contributed by atoms with Crippen molar-refractivity contribution in [2.24, 2.45) is 0 Å². The highest BCUT2D eigenvalue weighted by Gasteiger charge is 2.32. The number of hydrogen-bond donors (Lipinski definition) is 0. The van der Waals surface area contributed by atoms with E-state index >= 15 is 0 Å². The lowest BCUT2D eigenvalue weighted by molar-refractivity contribution is -0.130. The van der Waals surface area contributed by atoms with Crippen molar-refractivity contribution in [2.75, 3.05) is 7.11 Å². The smallest absolute Gasteiger partial charge is 0.237 e. The van der Waals surface area contributed by atoms with Gasteiger partial charge in [0.15, 0.2) is 0 Å². The molecule has 3 heteroatoms. The summed E-state index contributed by atoms with van der Waals surface area (Å²) in [6.07, 6.45) is 1.64. The number of carbonyl (C=O) groups is 2. The van der Waals surface area contributed by atoms with E-state index in [1.54, 1.807) is 30.3 Å². The second-order valence-electron chi connectivity index (χ2n) is 4.89. The first-order valence-corrected chi connectivity index (χ1v) is 6.92. The van der Waals surface area contributed by atoms with Crippen molar-refractivity contribution in [3.63, 3.8) is 0 Å². The first-order chi connectivity index (χ1) is 10.7. The highest BCUT2D eigenvalue weighted by molar-refractivity contribution is 6.66. The number of rotatable bonds is 3. The van der Waals surface area contributed by atoms with Crippen LogP contribution in [-0.2, 0) is 14.3 Å². The summed E-state index contributed by atoms with van der Waals surface area (Å²) in [5, 5.41) is 0. The normalized spacial score (nSPS) is 14.9. The molecule has 0 aromatic heterocycles. The van der Waals surface area contributed by atoms with Crippen LogP contribution in [0.5, 0.6) is 0 Å². The van der Waals surface area contributed by atoms with Crippen molar-refractivity contribution < 1.29 is 14.3 Å². The molecule has 3 rings (SSSR count). The Morgan fingerprint density at radius 1 is 0.727 bits per heavy atom. The third-order valence-electron chi connectivity index (χ3n) is 3.57. The number of benzene rings is 2. The van der Waals surface area contributed by atoms with Crippen molar-refractivity contribution in [1.82, 2.24) is 0 Å². The summed E-state index contributed by atoms with van der Waals surface area (Å²) >= 11 is 0. The lowest BCUT2D eigenvalue weighted by Gasteiger charge is -2.18. The number of Topliss-reactive ketones (excluding diaryl/α,β-unsaturated/α-hetero) is 2. The monoisotopic (exact) mass is 290 g/mol. The molecule has 0 unspecified atom stereocenters. The molecule has 0 bridgehead atoms. The van der Waals surface area contributed by atoms with Gasteiger partial charge in [0, 0.05) is 5.57 Å². The maximum absolute atomic E-state index is 12.6. The van der Waals surface area contributed by atoms with Crippen LogP contribution in [0, 0.1) is 0 Å². The van der Waals surface area contributed by atoms with Crippen LogP contribution >= 0.6 is 0 Å². The Labute approximate surface area is 128 Å². The molecule has 0 aliphatic heterocycles. The predicted molar refractivity (Wildman–Crippen MR) is 84.8 cm³/mol. The van der Waals surface area contributed by atoms with Crippen molar-refractivity contribution in [1.29, 1.82) is 0 Å². The van der Waals surface area contributed by atoms with Gasteiger partial charge in [0.1, 0.15) is 5.76 Å². The molecule has 0 fully saturated rings. The van der Waals surface area contributed by atoms with Crippen LogP contribution < -0.4 is 0 Å². The maximum Gasteiger partial charge on any atom is 0.237 e. The van der Waals surface area contributed by atoms with Gasteiger partial charge in [0.2, 0.25) is 11.6 Å². The van der Waals surface area contributed by atoms with Crippen LogP contribution in [0.15, 0.2) is 72.5 Å². The van der Waals surface area contributed by atoms with Crippen LogP contribution in [0.2, 0.25) is 0 Å². The number of ether oxygens (including phenoxy) is 1. The van der Waals surface area contributed by atoms with Crippen molar-refractivity contribution in [3.8, 4) is 0 Å². The Kier molecular flexibility index (Phi) is 3.71. The fraction of sp³-hybridized carbons (Fsp3) is 0.0526. The second kappa shape index (κ2) is 5.82. The van der Waals surface area contributed by atoms with E-state index in [-0.39, 0.29) is 0 Å². The van der Waals surface area contributed by atoms with Crippen LogP contribution in [0.4, 0.5) is 0 Å². The van der Waals surface area contributed by atoms with E-state index in [0.717, 1.165) is 0 Å². The third kappa shape index (κ3) is 2.37. The fourth-order valence-corrected chi connectivity index (χ4v) is 2.49. The van der Waals surface area contributed by atoms with E-state index in [1.165, 1.54) is 7.11 Å². The summed E-state index contributed by atoms with van der Waals surface area (Å²) in [6.45, 7) is 0. The van der Waals surface area contributed by atoms with E-state index in [4.69, 9.17) is 4.74 Å². The summed E-state index contributed by atoms with van der Waals surface area (Å²) in [6, 6.07) is 18.2. The lowest BCUT2D eigenvalue weighted by Crippen LogP contribution is -2.22. The molecule has 0 radical (unpaired) electrons. The molecule has 0 heterocycles. The van der Waals surface area contributed by atoms with Gasteiger partial charge in [-0.1, -0.05) is 60.7 Å². The topological polar surface area (TPSA) is 43.4 Å². The standard InChI is InChI=1S/C19H14O3/c1-22-16-12-15(13-8-4-2-5-9-13)18(20)19(21)17(16)14-10-6-3-7-11-14/h2-12H,1H3. The molecule has 108 valence electrons. The molecule has 0 amide bonds. The molecule has 22 heavy (non-hydrogen) atoms. The number of ketones is 2. The Bertz CT molecular complexity index is 784. The van der Waals surface area contributed by atoms with E-state index in [0.29, 0.717) is 28.0 Å². The summed E-state index contributed by atoms with van der Waals surface area (Å²) in [5.74, 6) is -0.634. The molecule has 2 aromatic rings. The molecule has 0 spiro atoms. The fourth-order valence-electron chi connectivity index (χ4n) is 2.49. The second-order valence-corrected chi connectivity index (χ2v) is 4.89. The number of carbonyl (C=O) groups excluding carboxylic acids is 2. The van der Waals surface area contributed by atoms with Crippen LogP contribution in [0.25, 0.3) is 11.1 Å². The Balaban J connectivity index is 2.18. The lowest BCUT2D eigenvalue weighted by atomic mass is 9.87. The first-order valence-electron chi connectivity index (χ1n) is 6.92. The average Bonchev–Trinajstić information content (AvgIpc) is 2.58. The summed E-state index contributed by atoms with van der Waals surface area (Å²) in [7, 11) is 1.50. The van der Waals surface area contributed by atoms with Crippen molar-refractivity contribution in [3.05, 3.63) is 83.6 Å². The minimum atomic E-state index is -0.538. The maximum atomic E-state index is 12.6. The zero-order valence-electron chi connectivity index (χ0n) is 12.1. The number of allylic oxidation sites excluding steroid dienone is 3. The zero-order valence-corrected chi connectivity index (χ0v) is 12.1. The highest BCUT2D eigenvalue weighted by atomic mass is 16.5. The molecule has 0 N–H and O–H groups in total. The van der Waals surface area contributed by atoms with Crippen LogP contribution in [-0.4, -0.2) is 18.7 Å². The van der Waals surface area contributed by atoms with E-state index in [1.807, 2.05) is 36.4 Å². The third-order valence-corrected chi connectivity index (χ3v) is 3.57. The number of hydrogen-bond acceptors (Lipinski definition) is 3. The minimum absolute atomic E-state index is 0.313. The van der Waals surface area contributed by atoms with Gasteiger partial charge in [-0.2, -0.15) is 0 Å². The molecule has 3 nitrogen and oxygen atoms in total. The Morgan fingerprint density at radius 3 is 1.82 bits per heavy atom. The largest absolute Gasteiger partial charge is 0.496 e. The molecule has 2 aromatic carbocycles. The minimum Gasteiger partial charge on any atom is -0.496 e. The van der Waals surface area contributed by atoms with Gasteiger partial charge in [0.25, 0.3) is 0 Å². The molecule has 0 saturated carbocycles. The average molecular weight is 290 g/mol. The van der Waals surface area contributed by atoms with Gasteiger partial charge in [-0.05, 0) is 17.2 Å². The van der Waals surface area contributed by atoms with E-state index < -0.39 is 11.6 Å². The van der Waals surface area contributed by atoms with Crippen LogP contribution in [0.3, 0.4) is 0 Å². The summed E-state index contributed by atoms with van der Waals surface area (Å²) in [5.41, 5.74) is 2.07. The first kappa shape index (κ1) is 14.0. The zero-order chi connectivity index (χ0) is 15.5. The summed E-state index contributed by atoms with van der Waals surface area (Å²) < 4.78 is 5.36. The van der Waals surface area contributed by atoms with Gasteiger partial charge >= 0.3 is 0 Å². The SMILES string of the molecule is COC1=C(c2ccccc2)C(=O)C(=O)C(c2ccccc2)=C1. The quantitative estimate of drug-likeness (QED) is 0.643. The van der Waals surface area contributed by atoms with Gasteiger partial charge in [0.05, 0.1) is 12.7 Å². The van der Waals surface area contributed by atoms with Gasteiger partial charge in [-0.25, -0.2) is 0 Å². The molecular formula is C19H14O3. The molecule has 1 aliphatic carbocycles. The number of methoxy groups -OCH3 is 1. The molecule has 0 atom stereocenters.